The molecule has 0 amide bonds. The summed E-state index contributed by atoms with van der Waals surface area (Å²) in [5, 5.41) is 9.75. The van der Waals surface area contributed by atoms with Crippen LogP contribution in [0.1, 0.15) is 31.8 Å². The lowest BCUT2D eigenvalue weighted by Gasteiger charge is -2.08. The number of ether oxygens (including phenoxy) is 1. The van der Waals surface area contributed by atoms with Crippen LogP contribution >= 0.6 is 0 Å². The average Bonchev–Trinajstić information content (AvgIpc) is 2.54. The SMILES string of the molecule is C=Cc1ccc(O)c(C(=O)c2ccc(C(=O)OC)cc2)c1F. The number of carbonyl (C=O) groups excluding carboxylic acids is 2. The fourth-order valence-corrected chi connectivity index (χ4v) is 1.98. The van der Waals surface area contributed by atoms with Crippen LogP contribution in [-0.2, 0) is 4.74 Å². The van der Waals surface area contributed by atoms with Crippen molar-refractivity contribution >= 4 is 17.8 Å². The van der Waals surface area contributed by atoms with Crippen LogP contribution in [-0.4, -0.2) is 24.0 Å². The van der Waals surface area contributed by atoms with Crippen molar-refractivity contribution in [3.63, 3.8) is 0 Å². The fourth-order valence-electron chi connectivity index (χ4n) is 1.98. The Morgan fingerprint density at radius 3 is 2.27 bits per heavy atom. The maximum absolute atomic E-state index is 14.2. The Morgan fingerprint density at radius 1 is 1.14 bits per heavy atom. The zero-order chi connectivity index (χ0) is 16.3. The molecule has 0 spiro atoms. The molecule has 0 bridgehead atoms. The van der Waals surface area contributed by atoms with Crippen LogP contribution in [0, 0.1) is 5.82 Å². The summed E-state index contributed by atoms with van der Waals surface area (Å²) >= 11 is 0. The minimum absolute atomic E-state index is 0.118. The summed E-state index contributed by atoms with van der Waals surface area (Å²) in [6, 6.07) is 8.09. The summed E-state index contributed by atoms with van der Waals surface area (Å²) in [6.07, 6.45) is 1.26. The Labute approximate surface area is 126 Å². The number of benzene rings is 2. The van der Waals surface area contributed by atoms with E-state index >= 15 is 0 Å². The van der Waals surface area contributed by atoms with Crippen molar-refractivity contribution in [1.29, 1.82) is 0 Å². The van der Waals surface area contributed by atoms with Gasteiger partial charge in [0.15, 0.2) is 5.78 Å². The molecule has 0 aliphatic heterocycles. The lowest BCUT2D eigenvalue weighted by molar-refractivity contribution is 0.0600. The van der Waals surface area contributed by atoms with E-state index in [0.29, 0.717) is 0 Å². The quantitative estimate of drug-likeness (QED) is 0.695. The highest BCUT2D eigenvalue weighted by atomic mass is 19.1. The number of hydrogen-bond acceptors (Lipinski definition) is 4. The third kappa shape index (κ3) is 2.74. The Balaban J connectivity index is 2.44. The summed E-state index contributed by atoms with van der Waals surface area (Å²) in [5.74, 6) is -2.51. The van der Waals surface area contributed by atoms with E-state index in [4.69, 9.17) is 0 Å². The van der Waals surface area contributed by atoms with Gasteiger partial charge in [-0.15, -0.1) is 0 Å². The summed E-state index contributed by atoms with van der Waals surface area (Å²) in [7, 11) is 1.25. The molecule has 0 aliphatic rings. The van der Waals surface area contributed by atoms with Crippen molar-refractivity contribution in [3.05, 3.63) is 71.0 Å². The van der Waals surface area contributed by atoms with Gasteiger partial charge >= 0.3 is 5.97 Å². The number of aromatic hydroxyl groups is 1. The van der Waals surface area contributed by atoms with Crippen LogP contribution in [0.25, 0.3) is 6.08 Å². The van der Waals surface area contributed by atoms with Gasteiger partial charge in [-0.25, -0.2) is 9.18 Å². The molecular weight excluding hydrogens is 287 g/mol. The molecule has 0 aliphatic carbocycles. The van der Waals surface area contributed by atoms with E-state index in [0.717, 1.165) is 0 Å². The Kier molecular flexibility index (Phi) is 4.36. The summed E-state index contributed by atoms with van der Waals surface area (Å²) in [6.45, 7) is 3.45. The van der Waals surface area contributed by atoms with E-state index in [1.165, 1.54) is 49.6 Å². The molecule has 0 saturated carbocycles. The third-order valence-electron chi connectivity index (χ3n) is 3.17. The van der Waals surface area contributed by atoms with Gasteiger partial charge in [0.2, 0.25) is 0 Å². The van der Waals surface area contributed by atoms with Crippen LogP contribution in [0.2, 0.25) is 0 Å². The lowest BCUT2D eigenvalue weighted by atomic mass is 9.98. The van der Waals surface area contributed by atoms with Crippen molar-refractivity contribution in [2.45, 2.75) is 0 Å². The number of phenolic OH excluding ortho intramolecular Hbond substituents is 1. The summed E-state index contributed by atoms with van der Waals surface area (Å²) < 4.78 is 18.8. The maximum atomic E-state index is 14.2. The van der Waals surface area contributed by atoms with Crippen molar-refractivity contribution in [1.82, 2.24) is 0 Å². The second-order valence-electron chi connectivity index (χ2n) is 4.47. The molecule has 2 aromatic carbocycles. The number of phenols is 1. The largest absolute Gasteiger partial charge is 0.507 e. The molecule has 112 valence electrons. The van der Waals surface area contributed by atoms with Gasteiger partial charge in [-0.3, -0.25) is 4.79 Å². The molecule has 1 N–H and O–H groups in total. The van der Waals surface area contributed by atoms with E-state index in [1.807, 2.05) is 0 Å². The summed E-state index contributed by atoms with van der Waals surface area (Å²) in [5.41, 5.74) is 0.0993. The van der Waals surface area contributed by atoms with E-state index < -0.39 is 28.9 Å². The van der Waals surface area contributed by atoms with Crippen molar-refractivity contribution in [2.75, 3.05) is 7.11 Å². The highest BCUT2D eigenvalue weighted by Crippen LogP contribution is 2.26. The van der Waals surface area contributed by atoms with Gasteiger partial charge in [0.05, 0.1) is 12.7 Å². The van der Waals surface area contributed by atoms with Crippen molar-refractivity contribution in [3.8, 4) is 5.75 Å². The topological polar surface area (TPSA) is 63.6 Å². The lowest BCUT2D eigenvalue weighted by Crippen LogP contribution is -2.07. The summed E-state index contributed by atoms with van der Waals surface area (Å²) in [4.78, 5) is 23.7. The smallest absolute Gasteiger partial charge is 0.337 e. The second kappa shape index (κ2) is 6.22. The highest BCUT2D eigenvalue weighted by Gasteiger charge is 2.20. The Hall–Kier alpha value is -2.95. The van der Waals surface area contributed by atoms with Gasteiger partial charge in [0.25, 0.3) is 0 Å². The normalized spacial score (nSPS) is 10.1. The number of rotatable bonds is 4. The number of halogens is 1. The second-order valence-corrected chi connectivity index (χ2v) is 4.47. The number of esters is 1. The minimum Gasteiger partial charge on any atom is -0.507 e. The Morgan fingerprint density at radius 2 is 1.73 bits per heavy atom. The van der Waals surface area contributed by atoms with Gasteiger partial charge < -0.3 is 9.84 Å². The van der Waals surface area contributed by atoms with E-state index in [9.17, 15) is 19.1 Å². The molecule has 0 aromatic heterocycles. The molecule has 5 heteroatoms. The number of methoxy groups -OCH3 is 1. The van der Waals surface area contributed by atoms with Crippen LogP contribution in [0.15, 0.2) is 43.0 Å². The first-order chi connectivity index (χ1) is 10.5. The monoisotopic (exact) mass is 300 g/mol. The van der Waals surface area contributed by atoms with Gasteiger partial charge in [-0.05, 0) is 24.3 Å². The first kappa shape index (κ1) is 15.4. The number of hydrogen-bond donors (Lipinski definition) is 1. The van der Waals surface area contributed by atoms with Gasteiger partial charge in [0.1, 0.15) is 17.1 Å². The van der Waals surface area contributed by atoms with Crippen LogP contribution in [0.5, 0.6) is 5.75 Å². The highest BCUT2D eigenvalue weighted by molar-refractivity contribution is 6.11. The van der Waals surface area contributed by atoms with E-state index in [1.54, 1.807) is 0 Å². The average molecular weight is 300 g/mol. The molecule has 0 fully saturated rings. The van der Waals surface area contributed by atoms with Crippen LogP contribution < -0.4 is 0 Å². The first-order valence-corrected chi connectivity index (χ1v) is 6.36. The van der Waals surface area contributed by atoms with Crippen LogP contribution in [0.3, 0.4) is 0 Å². The van der Waals surface area contributed by atoms with Crippen LogP contribution in [0.4, 0.5) is 4.39 Å². The molecule has 0 saturated heterocycles. The van der Waals surface area contributed by atoms with E-state index in [-0.39, 0.29) is 16.7 Å². The molecule has 0 heterocycles. The van der Waals surface area contributed by atoms with Crippen molar-refractivity contribution in [2.24, 2.45) is 0 Å². The molecule has 2 aromatic rings. The zero-order valence-electron chi connectivity index (χ0n) is 11.8. The molecular formula is C17H13FO4. The molecule has 0 radical (unpaired) electrons. The number of carbonyl (C=O) groups is 2. The zero-order valence-corrected chi connectivity index (χ0v) is 11.8. The van der Waals surface area contributed by atoms with Crippen molar-refractivity contribution < 1.29 is 23.8 Å². The fraction of sp³-hybridized carbons (Fsp3) is 0.0588. The van der Waals surface area contributed by atoms with Gasteiger partial charge in [-0.1, -0.05) is 24.8 Å². The number of ketones is 1. The van der Waals surface area contributed by atoms with Gasteiger partial charge in [-0.2, -0.15) is 0 Å². The predicted molar refractivity (Wildman–Crippen MR) is 79.4 cm³/mol. The van der Waals surface area contributed by atoms with E-state index in [2.05, 4.69) is 11.3 Å². The maximum Gasteiger partial charge on any atom is 0.337 e. The molecule has 4 nitrogen and oxygen atoms in total. The molecule has 0 unspecified atom stereocenters. The molecule has 22 heavy (non-hydrogen) atoms. The minimum atomic E-state index is -0.836. The standard InChI is InChI=1S/C17H13FO4/c1-3-10-8-9-13(19)14(15(10)18)16(20)11-4-6-12(7-5-11)17(21)22-2/h3-9,19H,1H2,2H3. The molecule has 2 rings (SSSR count). The Bertz CT molecular complexity index is 748. The van der Waals surface area contributed by atoms with Gasteiger partial charge in [0, 0.05) is 11.1 Å². The third-order valence-corrected chi connectivity index (χ3v) is 3.17. The predicted octanol–water partition coefficient (Wildman–Crippen LogP) is 3.19. The molecule has 0 atom stereocenters. The first-order valence-electron chi connectivity index (χ1n) is 6.36.